The van der Waals surface area contributed by atoms with Gasteiger partial charge in [0.1, 0.15) is 0 Å². The third-order valence-electron chi connectivity index (χ3n) is 3.93. The van der Waals surface area contributed by atoms with Crippen molar-refractivity contribution in [1.29, 1.82) is 0 Å². The fraction of sp³-hybridized carbons (Fsp3) is 0.211. The summed E-state index contributed by atoms with van der Waals surface area (Å²) in [5.74, 6) is 0.883. The number of amides is 1. The van der Waals surface area contributed by atoms with Crippen molar-refractivity contribution in [3.63, 3.8) is 0 Å². The maximum Gasteiger partial charge on any atom is 0.218 e. The summed E-state index contributed by atoms with van der Waals surface area (Å²) in [7, 11) is 0. The highest BCUT2D eigenvalue weighted by atomic mass is 35.5. The fourth-order valence-corrected chi connectivity index (χ4v) is 3.72. The van der Waals surface area contributed by atoms with E-state index in [1.54, 1.807) is 0 Å². The molecule has 0 fully saturated rings. The SMILES string of the molecule is Cc1ccc(C)c(-n2c(SCCC(N)=O)nnc2-c2ccccc2Cl)c1. The second-order valence-electron chi connectivity index (χ2n) is 5.98. The summed E-state index contributed by atoms with van der Waals surface area (Å²) >= 11 is 7.85. The molecule has 0 bridgehead atoms. The zero-order valence-corrected chi connectivity index (χ0v) is 16.1. The first kappa shape index (κ1) is 18.5. The van der Waals surface area contributed by atoms with Crippen molar-refractivity contribution in [1.82, 2.24) is 14.8 Å². The summed E-state index contributed by atoms with van der Waals surface area (Å²) in [6.45, 7) is 4.09. The molecule has 5 nitrogen and oxygen atoms in total. The molecule has 1 heterocycles. The first-order valence-corrected chi connectivity index (χ1v) is 9.53. The van der Waals surface area contributed by atoms with Gasteiger partial charge in [0.25, 0.3) is 0 Å². The Morgan fingerprint density at radius 1 is 1.19 bits per heavy atom. The molecule has 0 saturated carbocycles. The van der Waals surface area contributed by atoms with E-state index in [9.17, 15) is 4.79 Å². The largest absolute Gasteiger partial charge is 0.370 e. The molecule has 7 heteroatoms. The molecule has 0 spiro atoms. The van der Waals surface area contributed by atoms with Gasteiger partial charge in [-0.15, -0.1) is 10.2 Å². The van der Waals surface area contributed by atoms with Crippen LogP contribution in [0.5, 0.6) is 0 Å². The van der Waals surface area contributed by atoms with Crippen LogP contribution < -0.4 is 5.73 Å². The summed E-state index contributed by atoms with van der Waals surface area (Å²) in [5, 5.41) is 10.0. The number of aromatic nitrogens is 3. The van der Waals surface area contributed by atoms with Crippen molar-refractivity contribution >= 4 is 29.3 Å². The standard InChI is InChI=1S/C19H19ClN4OS/c1-12-7-8-13(2)16(11-12)24-18(14-5-3-4-6-15(14)20)22-23-19(24)26-10-9-17(21)25/h3-8,11H,9-10H2,1-2H3,(H2,21,25). The van der Waals surface area contributed by atoms with Gasteiger partial charge in [-0.25, -0.2) is 0 Å². The minimum Gasteiger partial charge on any atom is -0.370 e. The Labute approximate surface area is 161 Å². The van der Waals surface area contributed by atoms with E-state index in [1.165, 1.54) is 11.8 Å². The Bertz CT molecular complexity index is 954. The van der Waals surface area contributed by atoms with Crippen molar-refractivity contribution in [2.24, 2.45) is 5.73 Å². The van der Waals surface area contributed by atoms with E-state index in [0.717, 1.165) is 22.4 Å². The van der Waals surface area contributed by atoms with Crippen molar-refractivity contribution < 1.29 is 4.79 Å². The molecular formula is C19H19ClN4OS. The van der Waals surface area contributed by atoms with E-state index < -0.39 is 0 Å². The smallest absolute Gasteiger partial charge is 0.218 e. The number of thioether (sulfide) groups is 1. The van der Waals surface area contributed by atoms with E-state index in [-0.39, 0.29) is 12.3 Å². The second-order valence-corrected chi connectivity index (χ2v) is 7.45. The van der Waals surface area contributed by atoms with Gasteiger partial charge in [-0.3, -0.25) is 9.36 Å². The number of hydrogen-bond donors (Lipinski definition) is 1. The Hall–Kier alpha value is -2.31. The Morgan fingerprint density at radius 3 is 2.69 bits per heavy atom. The van der Waals surface area contributed by atoms with Crippen LogP contribution in [0, 0.1) is 13.8 Å². The maximum absolute atomic E-state index is 11.1. The van der Waals surface area contributed by atoms with Crippen LogP contribution in [0.3, 0.4) is 0 Å². The molecule has 0 aliphatic heterocycles. The molecule has 0 unspecified atom stereocenters. The van der Waals surface area contributed by atoms with Crippen LogP contribution >= 0.6 is 23.4 Å². The first-order valence-electron chi connectivity index (χ1n) is 8.16. The molecule has 2 aromatic carbocycles. The van der Waals surface area contributed by atoms with Crippen LogP contribution in [0.15, 0.2) is 47.6 Å². The molecule has 0 radical (unpaired) electrons. The van der Waals surface area contributed by atoms with Gasteiger partial charge in [-0.1, -0.05) is 47.6 Å². The van der Waals surface area contributed by atoms with E-state index >= 15 is 0 Å². The van der Waals surface area contributed by atoms with Gasteiger partial charge in [-0.05, 0) is 43.2 Å². The monoisotopic (exact) mass is 386 g/mol. The predicted octanol–water partition coefficient (Wildman–Crippen LogP) is 4.17. The number of nitrogens with two attached hydrogens (primary N) is 1. The fourth-order valence-electron chi connectivity index (χ4n) is 2.60. The Morgan fingerprint density at radius 2 is 1.96 bits per heavy atom. The molecule has 26 heavy (non-hydrogen) atoms. The Balaban J connectivity index is 2.14. The third-order valence-corrected chi connectivity index (χ3v) is 5.19. The zero-order valence-electron chi connectivity index (χ0n) is 14.6. The molecule has 0 aliphatic rings. The van der Waals surface area contributed by atoms with Crippen LogP contribution in [0.25, 0.3) is 17.1 Å². The van der Waals surface area contributed by atoms with Crippen LogP contribution in [0.4, 0.5) is 0 Å². The van der Waals surface area contributed by atoms with Gasteiger partial charge in [0.15, 0.2) is 11.0 Å². The normalized spacial score (nSPS) is 10.9. The number of aryl methyl sites for hydroxylation is 2. The average molecular weight is 387 g/mol. The van der Waals surface area contributed by atoms with Crippen molar-refractivity contribution in [2.45, 2.75) is 25.4 Å². The number of primary amides is 1. The third kappa shape index (κ3) is 3.92. The Kier molecular flexibility index (Phi) is 5.64. The molecule has 134 valence electrons. The number of nitrogens with zero attached hydrogens (tertiary/aromatic N) is 3. The van der Waals surface area contributed by atoms with Crippen LogP contribution in [-0.4, -0.2) is 26.4 Å². The van der Waals surface area contributed by atoms with Gasteiger partial charge in [0.2, 0.25) is 5.91 Å². The summed E-state index contributed by atoms with van der Waals surface area (Å²) < 4.78 is 2.00. The molecule has 2 N–H and O–H groups in total. The lowest BCUT2D eigenvalue weighted by Crippen LogP contribution is -2.11. The molecule has 0 aliphatic carbocycles. The number of benzene rings is 2. The van der Waals surface area contributed by atoms with Gasteiger partial charge >= 0.3 is 0 Å². The summed E-state index contributed by atoms with van der Waals surface area (Å²) in [4.78, 5) is 11.1. The van der Waals surface area contributed by atoms with Gasteiger partial charge in [0.05, 0.1) is 10.7 Å². The maximum atomic E-state index is 11.1. The number of halogens is 1. The lowest BCUT2D eigenvalue weighted by Gasteiger charge is -2.14. The summed E-state index contributed by atoms with van der Waals surface area (Å²) in [5.41, 5.74) is 9.29. The molecule has 0 saturated heterocycles. The highest BCUT2D eigenvalue weighted by molar-refractivity contribution is 7.99. The molecule has 3 aromatic rings. The van der Waals surface area contributed by atoms with E-state index in [2.05, 4.69) is 28.4 Å². The van der Waals surface area contributed by atoms with E-state index in [1.807, 2.05) is 42.7 Å². The number of carbonyl (C=O) groups is 1. The number of rotatable bonds is 6. The lowest BCUT2D eigenvalue weighted by molar-refractivity contribution is -0.117. The van der Waals surface area contributed by atoms with Gasteiger partial charge < -0.3 is 5.73 Å². The minimum atomic E-state index is -0.332. The quantitative estimate of drug-likeness (QED) is 0.645. The molecule has 0 atom stereocenters. The number of carbonyl (C=O) groups excluding carboxylic acids is 1. The number of hydrogen-bond acceptors (Lipinski definition) is 4. The van der Waals surface area contributed by atoms with Crippen LogP contribution in [-0.2, 0) is 4.79 Å². The highest BCUT2D eigenvalue weighted by Gasteiger charge is 2.19. The zero-order chi connectivity index (χ0) is 18.7. The van der Waals surface area contributed by atoms with E-state index in [0.29, 0.717) is 21.8 Å². The minimum absolute atomic E-state index is 0.283. The van der Waals surface area contributed by atoms with Gasteiger partial charge in [-0.2, -0.15) is 0 Å². The second kappa shape index (κ2) is 7.93. The van der Waals surface area contributed by atoms with Crippen molar-refractivity contribution in [3.05, 3.63) is 58.6 Å². The predicted molar refractivity (Wildman–Crippen MR) is 106 cm³/mol. The molecular weight excluding hydrogens is 368 g/mol. The summed E-state index contributed by atoms with van der Waals surface area (Å²) in [6.07, 6.45) is 0.283. The van der Waals surface area contributed by atoms with Crippen molar-refractivity contribution in [3.8, 4) is 17.1 Å². The van der Waals surface area contributed by atoms with Gasteiger partial charge in [0, 0.05) is 17.7 Å². The lowest BCUT2D eigenvalue weighted by atomic mass is 10.1. The van der Waals surface area contributed by atoms with Crippen molar-refractivity contribution in [2.75, 3.05) is 5.75 Å². The average Bonchev–Trinajstić information content (AvgIpc) is 3.00. The molecule has 3 rings (SSSR count). The highest BCUT2D eigenvalue weighted by Crippen LogP contribution is 2.33. The topological polar surface area (TPSA) is 73.8 Å². The molecule has 1 aromatic heterocycles. The molecule has 1 amide bonds. The van der Waals surface area contributed by atoms with Crippen LogP contribution in [0.2, 0.25) is 5.02 Å². The first-order chi connectivity index (χ1) is 12.5. The van der Waals surface area contributed by atoms with E-state index in [4.69, 9.17) is 17.3 Å². The van der Waals surface area contributed by atoms with Crippen LogP contribution in [0.1, 0.15) is 17.5 Å². The summed E-state index contributed by atoms with van der Waals surface area (Å²) in [6, 6.07) is 13.8.